The van der Waals surface area contributed by atoms with E-state index in [1.807, 2.05) is 0 Å². The lowest BCUT2D eigenvalue weighted by Crippen LogP contribution is -2.81. The van der Waals surface area contributed by atoms with Gasteiger partial charge in [0.15, 0.2) is 69.8 Å². The molecular weight excluding hydrogens is 958 g/mol. The van der Waals surface area contributed by atoms with E-state index in [4.69, 9.17) is 0 Å². The standard InChI is InChI=1S/C24BF20.C18H32PS/c26-5-1(6(27)14(35)21(42)13(5)34)25(2-7(28)15(36)22(43)16(37)8(2)29,3-9(30)17(38)23(44)18(39)10(3)31)4-11(32)19(40)24(45)20(41)12(4)33;1-16(2,3)19(17(4,5)6,18(7,8)9)20-15-13-11-10-12-14-15/h;10-14H,1-9H3/q-1;+1. The van der Waals surface area contributed by atoms with Crippen LogP contribution in [0.2, 0.25) is 0 Å². The molecule has 0 fully saturated rings. The van der Waals surface area contributed by atoms with Crippen molar-refractivity contribution in [2.75, 3.05) is 0 Å². The Hall–Kier alpha value is -4.46. The highest BCUT2D eigenvalue weighted by Crippen LogP contribution is 2.91. The minimum Gasteiger partial charge on any atom is -0.207 e. The average Bonchev–Trinajstić information content (AvgIpc) is 3.21. The summed E-state index contributed by atoms with van der Waals surface area (Å²) in [6.07, 6.45) is -7.22. The van der Waals surface area contributed by atoms with Crippen LogP contribution in [0.1, 0.15) is 62.3 Å². The minimum atomic E-state index is -7.22. The third-order valence-corrected chi connectivity index (χ3v) is 23.3. The first-order chi connectivity index (χ1) is 29.5. The fourth-order valence-corrected chi connectivity index (χ4v) is 20.2. The first-order valence-electron chi connectivity index (χ1n) is 18.4. The third-order valence-electron chi connectivity index (χ3n) is 10.5. The summed E-state index contributed by atoms with van der Waals surface area (Å²) < 4.78 is 294. The second-order valence-electron chi connectivity index (χ2n) is 17.3. The summed E-state index contributed by atoms with van der Waals surface area (Å²) >= 11 is 2.17. The van der Waals surface area contributed by atoms with Crippen molar-refractivity contribution in [1.82, 2.24) is 0 Å². The molecule has 65 heavy (non-hydrogen) atoms. The molecule has 0 nitrogen and oxygen atoms in total. The number of halogens is 20. The van der Waals surface area contributed by atoms with Crippen LogP contribution in [-0.4, -0.2) is 21.6 Å². The summed E-state index contributed by atoms with van der Waals surface area (Å²) in [6, 6.07) is 11.0. The van der Waals surface area contributed by atoms with E-state index in [1.54, 1.807) is 0 Å². The Balaban J connectivity index is 0.000000387. The van der Waals surface area contributed by atoms with Crippen LogP contribution in [0.15, 0.2) is 35.2 Å². The molecule has 0 aliphatic carbocycles. The van der Waals surface area contributed by atoms with Crippen LogP contribution in [-0.2, 0) is 0 Å². The van der Waals surface area contributed by atoms with Gasteiger partial charge in [0.05, 0.1) is 33.3 Å². The van der Waals surface area contributed by atoms with Crippen molar-refractivity contribution >= 4 is 45.8 Å². The molecule has 0 heterocycles. The van der Waals surface area contributed by atoms with Gasteiger partial charge in [0.1, 0.15) is 52.7 Å². The number of benzene rings is 5. The first kappa shape index (κ1) is 53.2. The van der Waals surface area contributed by atoms with Crippen molar-refractivity contribution in [3.63, 3.8) is 0 Å². The van der Waals surface area contributed by atoms with E-state index >= 15 is 35.1 Å². The Morgan fingerprint density at radius 2 is 0.462 bits per heavy atom. The maximum Gasteiger partial charge on any atom is 0.200 e. The molecule has 354 valence electrons. The zero-order valence-electron chi connectivity index (χ0n) is 34.9. The van der Waals surface area contributed by atoms with Gasteiger partial charge in [0.2, 0.25) is 0 Å². The lowest BCUT2D eigenvalue weighted by atomic mass is 9.12. The van der Waals surface area contributed by atoms with Gasteiger partial charge in [-0.25, -0.2) is 87.8 Å². The van der Waals surface area contributed by atoms with E-state index in [-0.39, 0.29) is 0 Å². The number of hydrogen-bond donors (Lipinski definition) is 0. The van der Waals surface area contributed by atoms with Gasteiger partial charge in [0.25, 0.3) is 0 Å². The molecule has 0 amide bonds. The zero-order valence-corrected chi connectivity index (χ0v) is 36.6. The Bertz CT molecular complexity index is 2270. The molecule has 0 aliphatic rings. The smallest absolute Gasteiger partial charge is 0.200 e. The Kier molecular flexibility index (Phi) is 14.7. The normalized spacial score (nSPS) is 12.8. The van der Waals surface area contributed by atoms with E-state index < -0.39 is 151 Å². The van der Waals surface area contributed by atoms with Gasteiger partial charge in [-0.15, -0.1) is 21.9 Å². The van der Waals surface area contributed by atoms with Gasteiger partial charge in [0, 0.05) is 4.90 Å². The monoisotopic (exact) mass is 990 g/mol. The Morgan fingerprint density at radius 1 is 0.292 bits per heavy atom. The molecule has 0 N–H and O–H groups in total. The van der Waals surface area contributed by atoms with Gasteiger partial charge < -0.3 is 0 Å². The fourth-order valence-electron chi connectivity index (χ4n) is 8.94. The molecule has 5 aromatic rings. The van der Waals surface area contributed by atoms with Crippen LogP contribution in [0.5, 0.6) is 0 Å². The highest BCUT2D eigenvalue weighted by molar-refractivity contribution is 8.63. The molecule has 0 bridgehead atoms. The molecule has 5 aromatic carbocycles. The van der Waals surface area contributed by atoms with Crippen molar-refractivity contribution < 1.29 is 87.8 Å². The minimum absolute atomic E-state index is 0.310. The van der Waals surface area contributed by atoms with E-state index in [0.717, 1.165) is 0 Å². The van der Waals surface area contributed by atoms with Gasteiger partial charge in [-0.1, -0.05) is 18.2 Å². The van der Waals surface area contributed by atoms with Crippen LogP contribution in [0.3, 0.4) is 0 Å². The number of hydrogen-bond acceptors (Lipinski definition) is 1. The SMILES string of the molecule is CC(C)(C)[P+](Sc1ccccc1)(C(C)(C)C)C(C)(C)C.Fc1c(F)c(F)c([B-](c2c(F)c(F)c(F)c(F)c2F)(c2c(F)c(F)c(F)c(F)c2F)c2c(F)c(F)c(F)c(F)c2F)c(F)c1F. The van der Waals surface area contributed by atoms with Crippen molar-refractivity contribution in [2.24, 2.45) is 0 Å². The Morgan fingerprint density at radius 3 is 0.631 bits per heavy atom. The average molecular weight is 991 g/mol. The first-order valence-corrected chi connectivity index (χ1v) is 21.6. The summed E-state index contributed by atoms with van der Waals surface area (Å²) in [5.74, 6) is -71.4. The predicted molar refractivity (Wildman–Crippen MR) is 208 cm³/mol. The van der Waals surface area contributed by atoms with Crippen molar-refractivity contribution in [3.8, 4) is 0 Å². The van der Waals surface area contributed by atoms with Crippen molar-refractivity contribution in [2.45, 2.75) is 82.7 Å². The zero-order chi connectivity index (χ0) is 50.2. The third kappa shape index (κ3) is 8.15. The quantitative estimate of drug-likeness (QED) is 0.0537. The summed E-state index contributed by atoms with van der Waals surface area (Å²) in [4.78, 5) is 1.42. The lowest BCUT2D eigenvalue weighted by Gasteiger charge is -2.52. The second-order valence-corrected chi connectivity index (χ2v) is 25.4. The van der Waals surface area contributed by atoms with E-state index in [0.29, 0.717) is 15.5 Å². The molecule has 0 atom stereocenters. The summed E-state index contributed by atoms with van der Waals surface area (Å²) in [5.41, 5.74) is -14.3. The van der Waals surface area contributed by atoms with Crippen LogP contribution in [0.4, 0.5) is 87.8 Å². The molecule has 23 heteroatoms. The van der Waals surface area contributed by atoms with Crippen LogP contribution < -0.4 is 21.9 Å². The fraction of sp³-hybridized carbons (Fsp3) is 0.286. The highest BCUT2D eigenvalue weighted by Gasteiger charge is 2.66. The lowest BCUT2D eigenvalue weighted by molar-refractivity contribution is 0.378. The van der Waals surface area contributed by atoms with Crippen LogP contribution in [0.25, 0.3) is 0 Å². The molecule has 5 rings (SSSR count). The van der Waals surface area contributed by atoms with Gasteiger partial charge >= 0.3 is 0 Å². The summed E-state index contributed by atoms with van der Waals surface area (Å²) in [5, 5.41) is 0.929. The maximum atomic E-state index is 15.4. The van der Waals surface area contributed by atoms with Gasteiger partial charge in [-0.3, -0.25) is 0 Å². The summed E-state index contributed by atoms with van der Waals surface area (Å²) in [6.45, 7) is 20.6. The maximum absolute atomic E-state index is 15.4. The molecule has 0 radical (unpaired) electrons. The molecule has 0 saturated carbocycles. The predicted octanol–water partition coefficient (Wildman–Crippen LogP) is 13.0. The molecule has 0 aliphatic heterocycles. The molecular formula is C42H32BF20PS. The van der Waals surface area contributed by atoms with E-state index in [1.165, 1.54) is 4.90 Å². The van der Waals surface area contributed by atoms with Crippen LogP contribution in [0, 0.1) is 116 Å². The topological polar surface area (TPSA) is 0 Å². The van der Waals surface area contributed by atoms with Crippen LogP contribution >= 0.6 is 17.8 Å². The molecule has 0 saturated heterocycles. The summed E-state index contributed by atoms with van der Waals surface area (Å²) in [7, 11) is 0. The molecule has 0 spiro atoms. The second kappa shape index (κ2) is 18.0. The van der Waals surface area contributed by atoms with Crippen molar-refractivity contribution in [1.29, 1.82) is 0 Å². The molecule has 0 unspecified atom stereocenters. The Labute approximate surface area is 362 Å². The van der Waals surface area contributed by atoms with Gasteiger partial charge in [-0.2, -0.15) is 0 Å². The number of rotatable bonds is 6. The van der Waals surface area contributed by atoms with Crippen molar-refractivity contribution in [3.05, 3.63) is 147 Å². The highest BCUT2D eigenvalue weighted by atomic mass is 32.7. The van der Waals surface area contributed by atoms with Gasteiger partial charge in [-0.05, 0) is 74.4 Å². The van der Waals surface area contributed by atoms with E-state index in [2.05, 4.69) is 104 Å². The largest absolute Gasteiger partial charge is 0.207 e. The van der Waals surface area contributed by atoms with E-state index in [9.17, 15) is 52.7 Å². The molecule has 0 aromatic heterocycles.